The van der Waals surface area contributed by atoms with E-state index in [9.17, 15) is 0 Å². The maximum Gasteiger partial charge on any atom is 0.155 e. The molecule has 0 bridgehead atoms. The van der Waals surface area contributed by atoms with Crippen LogP contribution in [0.3, 0.4) is 0 Å². The van der Waals surface area contributed by atoms with Crippen molar-refractivity contribution in [1.82, 2.24) is 9.13 Å². The van der Waals surface area contributed by atoms with Crippen LogP contribution in [0.1, 0.15) is 73.6 Å². The summed E-state index contributed by atoms with van der Waals surface area (Å²) in [5.41, 5.74) is 21.2. The Bertz CT molecular complexity index is 4930. The average Bonchev–Trinajstić information content (AvgIpc) is 4.29. The number of ether oxygens (including phenoxy) is 1. The van der Waals surface area contributed by atoms with Crippen LogP contribution in [-0.2, 0) is 22.7 Å². The lowest BCUT2D eigenvalue weighted by Crippen LogP contribution is -2.42. The quantitative estimate of drug-likeness (QED) is 0.152. The molecule has 0 spiro atoms. The summed E-state index contributed by atoms with van der Waals surface area (Å²) in [6.45, 7) is 26.9. The van der Waals surface area contributed by atoms with E-state index in [0.717, 1.165) is 23.6 Å². The monoisotopic (exact) mass is 1100 g/mol. The zero-order chi connectivity index (χ0) is 55.4. The molecule has 0 fully saturated rings. The van der Waals surface area contributed by atoms with Crippen LogP contribution >= 0.6 is 11.3 Å². The third-order valence-corrected chi connectivity index (χ3v) is 25.0. The predicted molar refractivity (Wildman–Crippen MR) is 352 cm³/mol. The minimum absolute atomic E-state index is 0.143. The number of rotatable bonds is 6. The highest BCUT2D eigenvalue weighted by Gasteiger charge is 2.44. The lowest BCUT2D eigenvalue weighted by atomic mass is 9.70. The van der Waals surface area contributed by atoms with Gasteiger partial charge in [0.25, 0.3) is 0 Å². The molecule has 10 aromatic carbocycles. The molecule has 6 heteroatoms. The number of aromatic nitrogens is 2. The van der Waals surface area contributed by atoms with Gasteiger partial charge in [-0.2, -0.15) is 0 Å². The molecule has 0 saturated carbocycles. The fraction of sp³-hybridized carbons (Fsp3) is 0.200. The van der Waals surface area contributed by atoms with Gasteiger partial charge in [0.2, 0.25) is 0 Å². The highest BCUT2D eigenvalue weighted by Crippen LogP contribution is 2.56. The van der Waals surface area contributed by atoms with Crippen LogP contribution in [-0.4, -0.2) is 25.3 Å². The number of fused-ring (bicyclic) bond motifs is 17. The van der Waals surface area contributed by atoms with Gasteiger partial charge in [-0.25, -0.2) is 0 Å². The van der Waals surface area contributed by atoms with Crippen molar-refractivity contribution >= 4 is 102 Å². The maximum absolute atomic E-state index is 7.67. The van der Waals surface area contributed by atoms with Crippen molar-refractivity contribution in [3.63, 3.8) is 0 Å². The van der Waals surface area contributed by atoms with Gasteiger partial charge in [0.15, 0.2) is 5.75 Å². The summed E-state index contributed by atoms with van der Waals surface area (Å²) in [5, 5.41) is 10.7. The molecule has 1 unspecified atom stereocenters. The minimum atomic E-state index is -1.93. The zero-order valence-corrected chi connectivity index (χ0v) is 51.1. The van der Waals surface area contributed by atoms with E-state index < -0.39 is 21.6 Å². The first-order valence-corrected chi connectivity index (χ1v) is 36.9. The first-order chi connectivity index (χ1) is 38.8. The summed E-state index contributed by atoms with van der Waals surface area (Å²) >= 11 is 1.99. The Morgan fingerprint density at radius 2 is 0.852 bits per heavy atom. The molecule has 3 aromatic heterocycles. The second-order valence-corrected chi connectivity index (χ2v) is 38.2. The summed E-state index contributed by atoms with van der Waals surface area (Å²) in [5.74, 6) is 1.99. The molecule has 0 amide bonds. The SMILES string of the molecule is CC1(C)c2ccccc2-c2cc3c4ccccc4n(-c4cccc5c4Oc4c(cccc4[Si](C)(C)C)C5(C)Cc4ccc5c(c4)c4cc6c(cc4n5-c4cccc5c4sc4c([Si](C)(C)C)cccc45)C(C)(C)c4ccccc4-6)c3cc21. The topological polar surface area (TPSA) is 19.1 Å². The van der Waals surface area contributed by atoms with Crippen molar-refractivity contribution in [3.05, 3.63) is 227 Å². The third-order valence-electron chi connectivity index (χ3n) is 19.5. The number of nitrogens with zero attached hydrogens (tertiary/aromatic N) is 2. The van der Waals surface area contributed by atoms with Crippen molar-refractivity contribution < 1.29 is 4.74 Å². The second-order valence-electron chi connectivity index (χ2n) is 27.1. The van der Waals surface area contributed by atoms with E-state index in [1.165, 1.54) is 136 Å². The molecule has 16 rings (SSSR count). The van der Waals surface area contributed by atoms with E-state index in [-0.39, 0.29) is 10.8 Å². The second kappa shape index (κ2) is 16.5. The van der Waals surface area contributed by atoms with Crippen LogP contribution in [0.5, 0.6) is 11.5 Å². The molecule has 13 aromatic rings. The number of benzene rings is 10. The molecule has 1 atom stereocenters. The third kappa shape index (κ3) is 6.67. The number of hydrogen-bond donors (Lipinski definition) is 0. The zero-order valence-electron chi connectivity index (χ0n) is 48.3. The lowest BCUT2D eigenvalue weighted by molar-refractivity contribution is 0.405. The Morgan fingerprint density at radius 1 is 0.370 bits per heavy atom. The standard InChI is InChI=1S/C75H66N2OSSi2/c1-73(2)55-27-15-12-22-45(55)50-39-53-47-24-14-17-31-61(47)76(65(53)41-59(50)73)63-32-20-29-57-69(63)78-70-58(30-21-34-67(70)80(6,7)8)75(57,5)43-44-36-37-62-52(38-44)54-40-51-46-23-13-16-28-56(46)74(3,4)60(51)42-66(54)77(62)64-33-18-25-48-49-26-19-35-68(81(9,10)11)72(49)79-71(48)64/h12-42H,43H2,1-11H3. The van der Waals surface area contributed by atoms with E-state index >= 15 is 0 Å². The summed E-state index contributed by atoms with van der Waals surface area (Å²) in [4.78, 5) is 0. The van der Waals surface area contributed by atoms with Gasteiger partial charge in [-0.15, -0.1) is 11.3 Å². The molecule has 2 aliphatic carbocycles. The van der Waals surface area contributed by atoms with Crippen LogP contribution in [0.15, 0.2) is 188 Å². The Morgan fingerprint density at radius 3 is 1.52 bits per heavy atom. The Kier molecular flexibility index (Phi) is 9.98. The lowest BCUT2D eigenvalue weighted by Gasteiger charge is -2.40. The summed E-state index contributed by atoms with van der Waals surface area (Å²) in [6.07, 6.45) is 0.789. The van der Waals surface area contributed by atoms with Gasteiger partial charge in [0.05, 0.1) is 54.3 Å². The van der Waals surface area contributed by atoms with E-state index in [1.54, 1.807) is 5.19 Å². The van der Waals surface area contributed by atoms with Crippen LogP contribution in [0.4, 0.5) is 0 Å². The van der Waals surface area contributed by atoms with Crippen molar-refractivity contribution in [1.29, 1.82) is 0 Å². The molecule has 396 valence electrons. The molecule has 0 N–H and O–H groups in total. The minimum Gasteiger partial charge on any atom is -0.455 e. The Balaban J connectivity index is 0.928. The Hall–Kier alpha value is -7.75. The van der Waals surface area contributed by atoms with Gasteiger partial charge in [-0.3, -0.25) is 0 Å². The summed E-state index contributed by atoms with van der Waals surface area (Å²) in [7, 11) is -3.57. The summed E-state index contributed by atoms with van der Waals surface area (Å²) in [6, 6.07) is 72.6. The smallest absolute Gasteiger partial charge is 0.155 e. The van der Waals surface area contributed by atoms with Crippen LogP contribution in [0.25, 0.3) is 97.4 Å². The van der Waals surface area contributed by atoms with E-state index in [0.29, 0.717) is 0 Å². The number of para-hydroxylation sites is 3. The number of hydrogen-bond acceptors (Lipinski definition) is 2. The largest absolute Gasteiger partial charge is 0.455 e. The van der Waals surface area contributed by atoms with Crippen LogP contribution < -0.4 is 15.1 Å². The van der Waals surface area contributed by atoms with Gasteiger partial charge >= 0.3 is 0 Å². The molecule has 0 radical (unpaired) electrons. The van der Waals surface area contributed by atoms with E-state index in [1.807, 2.05) is 11.3 Å². The highest BCUT2D eigenvalue weighted by atomic mass is 32.1. The molecule has 1 aliphatic heterocycles. The summed E-state index contributed by atoms with van der Waals surface area (Å²) < 4.78 is 15.6. The predicted octanol–water partition coefficient (Wildman–Crippen LogP) is 19.6. The van der Waals surface area contributed by atoms with E-state index in [2.05, 4.69) is 271 Å². The van der Waals surface area contributed by atoms with Gasteiger partial charge in [-0.1, -0.05) is 207 Å². The van der Waals surface area contributed by atoms with Crippen molar-refractivity contribution in [2.24, 2.45) is 0 Å². The van der Waals surface area contributed by atoms with Crippen molar-refractivity contribution in [2.75, 3.05) is 0 Å². The van der Waals surface area contributed by atoms with Gasteiger partial charge in [0.1, 0.15) is 5.75 Å². The van der Waals surface area contributed by atoms with Gasteiger partial charge < -0.3 is 13.9 Å². The first-order valence-electron chi connectivity index (χ1n) is 29.1. The fourth-order valence-electron chi connectivity index (χ4n) is 15.4. The number of thiophene rings is 1. The fourth-order valence-corrected chi connectivity index (χ4v) is 20.6. The normalized spacial score (nSPS) is 16.7. The van der Waals surface area contributed by atoms with Crippen molar-refractivity contribution in [2.45, 2.75) is 96.6 Å². The maximum atomic E-state index is 7.67. The average molecular weight is 1100 g/mol. The molecule has 81 heavy (non-hydrogen) atoms. The Labute approximate surface area is 481 Å². The molecule has 3 nitrogen and oxygen atoms in total. The van der Waals surface area contributed by atoms with Crippen LogP contribution in [0, 0.1) is 0 Å². The molecular weight excluding hydrogens is 1030 g/mol. The van der Waals surface area contributed by atoms with Crippen molar-refractivity contribution in [3.8, 4) is 45.1 Å². The van der Waals surface area contributed by atoms with Crippen LogP contribution in [0.2, 0.25) is 39.3 Å². The van der Waals surface area contributed by atoms with E-state index in [4.69, 9.17) is 4.74 Å². The molecule has 3 aliphatic rings. The van der Waals surface area contributed by atoms with Gasteiger partial charge in [-0.05, 0) is 121 Å². The first kappa shape index (κ1) is 49.1. The molecule has 4 heterocycles. The van der Waals surface area contributed by atoms with Gasteiger partial charge in [0, 0.05) is 64.4 Å². The molecular formula is C75H66N2OSSi2. The highest BCUT2D eigenvalue weighted by molar-refractivity contribution is 7.28. The molecule has 0 saturated heterocycles.